The van der Waals surface area contributed by atoms with Gasteiger partial charge in [-0.3, -0.25) is 4.79 Å². The normalized spacial score (nSPS) is 10.5. The molecule has 0 saturated heterocycles. The van der Waals surface area contributed by atoms with Crippen LogP contribution in [0.25, 0.3) is 0 Å². The van der Waals surface area contributed by atoms with Crippen molar-refractivity contribution >= 4 is 5.91 Å². The zero-order valence-corrected chi connectivity index (χ0v) is 13.2. The summed E-state index contributed by atoms with van der Waals surface area (Å²) in [4.78, 5) is 12.2. The van der Waals surface area contributed by atoms with Gasteiger partial charge in [0.05, 0.1) is 12.8 Å². The highest BCUT2D eigenvalue weighted by Crippen LogP contribution is 2.15. The topological polar surface area (TPSA) is 95.1 Å². The highest BCUT2D eigenvalue weighted by atomic mass is 16.5. The number of carbonyl (C=O) groups excluding carboxylic acids is 1. The summed E-state index contributed by atoms with van der Waals surface area (Å²) in [5, 5.41) is 14.2. The highest BCUT2D eigenvalue weighted by Gasteiger charge is 2.09. The van der Waals surface area contributed by atoms with Gasteiger partial charge in [0, 0.05) is 12.1 Å². The van der Waals surface area contributed by atoms with E-state index in [0.29, 0.717) is 36.0 Å². The zero-order valence-electron chi connectivity index (χ0n) is 13.2. The second-order valence-corrected chi connectivity index (χ2v) is 4.99. The molecule has 24 heavy (non-hydrogen) atoms. The van der Waals surface area contributed by atoms with Crippen LogP contribution in [0.15, 0.2) is 47.1 Å². The van der Waals surface area contributed by atoms with Crippen LogP contribution in [0.3, 0.4) is 0 Å². The molecule has 124 valence electrons. The van der Waals surface area contributed by atoms with Crippen molar-refractivity contribution < 1.29 is 13.9 Å². The van der Waals surface area contributed by atoms with Crippen LogP contribution < -0.4 is 10.1 Å². The van der Waals surface area contributed by atoms with E-state index < -0.39 is 0 Å². The van der Waals surface area contributed by atoms with Crippen LogP contribution in [0.2, 0.25) is 0 Å². The van der Waals surface area contributed by atoms with Crippen molar-refractivity contribution in [1.29, 1.82) is 0 Å². The Kier molecular flexibility index (Phi) is 4.85. The number of carbonyl (C=O) groups is 1. The van der Waals surface area contributed by atoms with Crippen molar-refractivity contribution in [2.75, 3.05) is 0 Å². The Morgan fingerprint density at radius 2 is 2.25 bits per heavy atom. The van der Waals surface area contributed by atoms with Gasteiger partial charge < -0.3 is 14.5 Å². The molecule has 0 aliphatic rings. The SMILES string of the molecule is CCn1nnnc1COc1cccc(C(=O)NCc2ccco2)c1. The lowest BCUT2D eigenvalue weighted by Crippen LogP contribution is -2.22. The lowest BCUT2D eigenvalue weighted by atomic mass is 10.2. The van der Waals surface area contributed by atoms with Crippen LogP contribution in [0.1, 0.15) is 28.9 Å². The van der Waals surface area contributed by atoms with Crippen molar-refractivity contribution in [1.82, 2.24) is 25.5 Å². The maximum atomic E-state index is 12.2. The summed E-state index contributed by atoms with van der Waals surface area (Å²) in [6.07, 6.45) is 1.57. The molecule has 0 bridgehead atoms. The summed E-state index contributed by atoms with van der Waals surface area (Å²) >= 11 is 0. The van der Waals surface area contributed by atoms with E-state index in [0.717, 1.165) is 0 Å². The number of nitrogens with zero attached hydrogens (tertiary/aromatic N) is 4. The van der Waals surface area contributed by atoms with Gasteiger partial charge in [0.15, 0.2) is 5.82 Å². The summed E-state index contributed by atoms with van der Waals surface area (Å²) in [6, 6.07) is 10.5. The lowest BCUT2D eigenvalue weighted by molar-refractivity contribution is 0.0947. The molecule has 0 unspecified atom stereocenters. The quantitative estimate of drug-likeness (QED) is 0.711. The molecule has 1 N–H and O–H groups in total. The molecule has 3 aromatic rings. The molecule has 3 rings (SSSR count). The van der Waals surface area contributed by atoms with Crippen molar-refractivity contribution in [2.24, 2.45) is 0 Å². The molecule has 2 aromatic heterocycles. The van der Waals surface area contributed by atoms with E-state index in [-0.39, 0.29) is 12.5 Å². The van der Waals surface area contributed by atoms with Crippen molar-refractivity contribution in [3.8, 4) is 5.75 Å². The van der Waals surface area contributed by atoms with E-state index in [4.69, 9.17) is 9.15 Å². The monoisotopic (exact) mass is 327 g/mol. The number of furan rings is 1. The first-order chi connectivity index (χ1) is 11.8. The fourth-order valence-corrected chi connectivity index (χ4v) is 2.13. The van der Waals surface area contributed by atoms with Gasteiger partial charge in [-0.05, 0) is 47.7 Å². The first-order valence-corrected chi connectivity index (χ1v) is 7.54. The predicted molar refractivity (Wildman–Crippen MR) is 84.1 cm³/mol. The number of aromatic nitrogens is 4. The second kappa shape index (κ2) is 7.40. The van der Waals surface area contributed by atoms with Gasteiger partial charge in [-0.25, -0.2) is 4.68 Å². The average molecular weight is 327 g/mol. The number of rotatable bonds is 7. The van der Waals surface area contributed by atoms with Gasteiger partial charge in [-0.2, -0.15) is 0 Å². The van der Waals surface area contributed by atoms with Crippen LogP contribution in [-0.2, 0) is 19.7 Å². The Morgan fingerprint density at radius 3 is 3.04 bits per heavy atom. The van der Waals surface area contributed by atoms with Crippen molar-refractivity contribution in [2.45, 2.75) is 26.6 Å². The number of benzene rings is 1. The molecule has 8 nitrogen and oxygen atoms in total. The Bertz CT molecular complexity index is 798. The Hall–Kier alpha value is -3.16. The first-order valence-electron chi connectivity index (χ1n) is 7.54. The molecule has 8 heteroatoms. The van der Waals surface area contributed by atoms with Gasteiger partial charge in [-0.1, -0.05) is 6.07 Å². The molecule has 0 spiro atoms. The summed E-state index contributed by atoms with van der Waals surface area (Å²) in [7, 11) is 0. The van der Waals surface area contributed by atoms with E-state index in [1.807, 2.05) is 6.92 Å². The van der Waals surface area contributed by atoms with E-state index in [2.05, 4.69) is 20.8 Å². The smallest absolute Gasteiger partial charge is 0.251 e. The molecule has 2 heterocycles. The second-order valence-electron chi connectivity index (χ2n) is 4.99. The number of ether oxygens (including phenoxy) is 1. The number of tetrazole rings is 1. The number of amides is 1. The Balaban J connectivity index is 1.60. The zero-order chi connectivity index (χ0) is 16.8. The van der Waals surface area contributed by atoms with Gasteiger partial charge in [0.1, 0.15) is 18.1 Å². The van der Waals surface area contributed by atoms with Crippen LogP contribution in [0.5, 0.6) is 5.75 Å². The van der Waals surface area contributed by atoms with Crippen molar-refractivity contribution in [3.05, 3.63) is 59.8 Å². The molecule has 1 aromatic carbocycles. The van der Waals surface area contributed by atoms with E-state index >= 15 is 0 Å². The largest absolute Gasteiger partial charge is 0.486 e. The molecule has 0 aliphatic carbocycles. The van der Waals surface area contributed by atoms with Gasteiger partial charge in [0.2, 0.25) is 0 Å². The van der Waals surface area contributed by atoms with E-state index in [9.17, 15) is 4.79 Å². The third-order valence-electron chi connectivity index (χ3n) is 3.37. The number of hydrogen-bond donors (Lipinski definition) is 1. The first kappa shape index (κ1) is 15.7. The van der Waals surface area contributed by atoms with E-state index in [1.165, 1.54) is 0 Å². The fourth-order valence-electron chi connectivity index (χ4n) is 2.13. The predicted octanol–water partition coefficient (Wildman–Crippen LogP) is 1.80. The maximum absolute atomic E-state index is 12.2. The Morgan fingerprint density at radius 1 is 1.33 bits per heavy atom. The fraction of sp³-hybridized carbons (Fsp3) is 0.250. The van der Waals surface area contributed by atoms with Crippen LogP contribution in [0, 0.1) is 0 Å². The van der Waals surface area contributed by atoms with Crippen LogP contribution >= 0.6 is 0 Å². The molecule has 1 amide bonds. The lowest BCUT2D eigenvalue weighted by Gasteiger charge is -2.08. The summed E-state index contributed by atoms with van der Waals surface area (Å²) in [6.45, 7) is 3.19. The maximum Gasteiger partial charge on any atom is 0.251 e. The third-order valence-corrected chi connectivity index (χ3v) is 3.37. The number of nitrogens with one attached hydrogen (secondary N) is 1. The molecule has 0 radical (unpaired) electrons. The highest BCUT2D eigenvalue weighted by molar-refractivity contribution is 5.94. The van der Waals surface area contributed by atoms with Gasteiger partial charge in [0.25, 0.3) is 5.91 Å². The summed E-state index contributed by atoms with van der Waals surface area (Å²) in [5.74, 6) is 1.70. The molecule has 0 atom stereocenters. The van der Waals surface area contributed by atoms with Crippen molar-refractivity contribution in [3.63, 3.8) is 0 Å². The molecule has 0 aliphatic heterocycles. The summed E-state index contributed by atoms with van der Waals surface area (Å²) in [5.41, 5.74) is 0.508. The van der Waals surface area contributed by atoms with Crippen LogP contribution in [0.4, 0.5) is 0 Å². The number of aryl methyl sites for hydroxylation is 1. The average Bonchev–Trinajstić information content (AvgIpc) is 3.29. The van der Waals surface area contributed by atoms with Crippen LogP contribution in [-0.4, -0.2) is 26.1 Å². The third kappa shape index (κ3) is 3.78. The van der Waals surface area contributed by atoms with E-state index in [1.54, 1.807) is 47.3 Å². The minimum absolute atomic E-state index is 0.199. The Labute approximate surface area is 138 Å². The summed E-state index contributed by atoms with van der Waals surface area (Å²) < 4.78 is 12.5. The minimum Gasteiger partial charge on any atom is -0.486 e. The molecular formula is C16H17N5O3. The van der Waals surface area contributed by atoms with Gasteiger partial charge in [-0.15, -0.1) is 5.10 Å². The molecule has 0 saturated carbocycles. The van der Waals surface area contributed by atoms with Gasteiger partial charge >= 0.3 is 0 Å². The number of hydrogen-bond acceptors (Lipinski definition) is 6. The molecule has 0 fully saturated rings. The minimum atomic E-state index is -0.199. The standard InChI is InChI=1S/C16H17N5O3/c1-2-21-15(18-19-20-21)11-24-13-6-3-5-12(9-13)16(22)17-10-14-7-4-8-23-14/h3-9H,2,10-11H2,1H3,(H,17,22). The molecular weight excluding hydrogens is 310 g/mol.